The molecule has 1 saturated heterocycles. The van der Waals surface area contributed by atoms with Gasteiger partial charge in [0.2, 0.25) is 5.91 Å². The quantitative estimate of drug-likeness (QED) is 0.287. The molecule has 4 rings (SSSR count). The summed E-state index contributed by atoms with van der Waals surface area (Å²) in [5.74, 6) is -1.70. The predicted octanol–water partition coefficient (Wildman–Crippen LogP) is 3.16. The number of esters is 1. The summed E-state index contributed by atoms with van der Waals surface area (Å²) in [5, 5.41) is 14.5. The highest BCUT2D eigenvalue weighted by Gasteiger charge is 2.42. The lowest BCUT2D eigenvalue weighted by Gasteiger charge is -2.36. The highest BCUT2D eigenvalue weighted by atomic mass is 16.6. The summed E-state index contributed by atoms with van der Waals surface area (Å²) < 4.78 is 10.5. The number of methoxy groups -OCH3 is 2. The number of benzene rings is 2. The van der Waals surface area contributed by atoms with Crippen LogP contribution in [0.1, 0.15) is 25.3 Å². The van der Waals surface area contributed by atoms with E-state index in [0.29, 0.717) is 35.6 Å². The number of nitrogens with zero attached hydrogens (tertiary/aromatic N) is 4. The summed E-state index contributed by atoms with van der Waals surface area (Å²) in [6.07, 6.45) is 0. The number of hydrogen-bond donors (Lipinski definition) is 1. The largest absolute Gasteiger partial charge is 0.495 e. The molecule has 1 fully saturated rings. The lowest BCUT2D eigenvalue weighted by molar-refractivity contribution is -0.384. The van der Waals surface area contributed by atoms with Gasteiger partial charge in [-0.1, -0.05) is 24.3 Å². The van der Waals surface area contributed by atoms with Crippen molar-refractivity contribution in [2.75, 3.05) is 58.4 Å². The average Bonchev–Trinajstić information content (AvgIpc) is 2.96. The Hall–Kier alpha value is -4.25. The minimum absolute atomic E-state index is 0.119. The Morgan fingerprint density at radius 1 is 1.07 bits per heavy atom. The number of nitro groups is 1. The van der Waals surface area contributed by atoms with Crippen LogP contribution in [-0.2, 0) is 14.3 Å². The Bertz CT molecular complexity index is 1330. The average molecular weight is 550 g/mol. The van der Waals surface area contributed by atoms with E-state index >= 15 is 0 Å². The number of amides is 1. The highest BCUT2D eigenvalue weighted by Crippen LogP contribution is 2.40. The third-order valence-corrected chi connectivity index (χ3v) is 7.48. The number of para-hydroxylation sites is 2. The molecule has 0 saturated carbocycles. The Morgan fingerprint density at radius 2 is 1.80 bits per heavy atom. The topological polar surface area (TPSA) is 127 Å². The van der Waals surface area contributed by atoms with Crippen molar-refractivity contribution >= 4 is 29.0 Å². The molecule has 2 aliphatic heterocycles. The van der Waals surface area contributed by atoms with E-state index in [9.17, 15) is 19.7 Å². The van der Waals surface area contributed by atoms with Gasteiger partial charge in [0.25, 0.3) is 5.69 Å². The standard InChI is InChI=1S/C29H35N5O6/c1-19-25(27(26(20(2)31-19)29(36)40-4)21-8-7-9-22(18-21)34(37)38)28(35)30-12-13-32-14-16-33(17-15-32)23-10-5-6-11-24(23)39-3/h5-11,18,26-27H,12-17H2,1-4H3,(H,30,35). The first-order valence-electron chi connectivity index (χ1n) is 13.2. The molecule has 2 unspecified atom stereocenters. The van der Waals surface area contributed by atoms with E-state index in [-0.39, 0.29) is 11.6 Å². The van der Waals surface area contributed by atoms with E-state index in [1.807, 2.05) is 18.2 Å². The molecule has 2 heterocycles. The maximum atomic E-state index is 13.6. The number of carbonyl (C=O) groups excluding carboxylic acids is 2. The van der Waals surface area contributed by atoms with E-state index < -0.39 is 22.7 Å². The predicted molar refractivity (Wildman–Crippen MR) is 152 cm³/mol. The van der Waals surface area contributed by atoms with Crippen LogP contribution in [0.3, 0.4) is 0 Å². The molecule has 2 aromatic rings. The number of piperazine rings is 1. The van der Waals surface area contributed by atoms with Gasteiger partial charge in [0, 0.05) is 74.3 Å². The van der Waals surface area contributed by atoms with Crippen LogP contribution < -0.4 is 15.0 Å². The van der Waals surface area contributed by atoms with Crippen LogP contribution >= 0.6 is 0 Å². The molecule has 2 atom stereocenters. The molecular formula is C29H35N5O6. The summed E-state index contributed by atoms with van der Waals surface area (Å²) in [4.78, 5) is 46.4. The van der Waals surface area contributed by atoms with Gasteiger partial charge >= 0.3 is 5.97 Å². The van der Waals surface area contributed by atoms with E-state index in [1.165, 1.54) is 19.2 Å². The molecule has 11 heteroatoms. The maximum Gasteiger partial charge on any atom is 0.315 e. The van der Waals surface area contributed by atoms with Crippen molar-refractivity contribution in [3.8, 4) is 5.75 Å². The minimum Gasteiger partial charge on any atom is -0.495 e. The third-order valence-electron chi connectivity index (χ3n) is 7.48. The van der Waals surface area contributed by atoms with E-state index in [4.69, 9.17) is 9.47 Å². The lowest BCUT2D eigenvalue weighted by Crippen LogP contribution is -2.49. The number of nitro benzene ring substituents is 1. The number of nitrogens with one attached hydrogen (secondary N) is 1. The molecule has 0 aliphatic carbocycles. The SMILES string of the molecule is COC(=O)C1C(C)=NC(C)=C(C(=O)NCCN2CCN(c3ccccc3OC)CC2)C1c1cccc([N+](=O)[O-])c1. The van der Waals surface area contributed by atoms with Gasteiger partial charge < -0.3 is 19.7 Å². The second kappa shape index (κ2) is 12.7. The van der Waals surface area contributed by atoms with Crippen molar-refractivity contribution in [3.63, 3.8) is 0 Å². The number of aliphatic imine (C=N–C) groups is 1. The number of non-ortho nitro benzene ring substituents is 1. The van der Waals surface area contributed by atoms with E-state index in [1.54, 1.807) is 33.1 Å². The van der Waals surface area contributed by atoms with Crippen LogP contribution in [-0.4, -0.2) is 80.9 Å². The normalized spacial score (nSPS) is 19.6. The van der Waals surface area contributed by atoms with Gasteiger partial charge in [-0.3, -0.25) is 29.6 Å². The fraction of sp³-hybridized carbons (Fsp3) is 0.414. The monoisotopic (exact) mass is 549 g/mol. The van der Waals surface area contributed by atoms with Crippen molar-refractivity contribution in [2.45, 2.75) is 19.8 Å². The van der Waals surface area contributed by atoms with Gasteiger partial charge in [0.05, 0.1) is 24.8 Å². The van der Waals surface area contributed by atoms with Gasteiger partial charge in [-0.2, -0.15) is 0 Å². The van der Waals surface area contributed by atoms with Crippen molar-refractivity contribution in [3.05, 3.63) is 75.5 Å². The van der Waals surface area contributed by atoms with Gasteiger partial charge in [-0.15, -0.1) is 0 Å². The molecule has 2 aliphatic rings. The van der Waals surface area contributed by atoms with Crippen LogP contribution in [0.2, 0.25) is 0 Å². The number of rotatable bonds is 9. The molecule has 1 N–H and O–H groups in total. The van der Waals surface area contributed by atoms with Gasteiger partial charge in [0.1, 0.15) is 11.7 Å². The molecule has 2 aromatic carbocycles. The second-order valence-corrected chi connectivity index (χ2v) is 9.84. The molecule has 0 bridgehead atoms. The zero-order chi connectivity index (χ0) is 28.8. The van der Waals surface area contributed by atoms with E-state index in [0.717, 1.165) is 37.6 Å². The van der Waals surface area contributed by atoms with Crippen LogP contribution in [0.5, 0.6) is 5.75 Å². The summed E-state index contributed by atoms with van der Waals surface area (Å²) in [5.41, 5.74) is 2.70. The minimum atomic E-state index is -0.875. The highest BCUT2D eigenvalue weighted by molar-refractivity contribution is 6.07. The molecular weight excluding hydrogens is 514 g/mol. The summed E-state index contributed by atoms with van der Waals surface area (Å²) in [6.45, 7) is 7.81. The smallest absolute Gasteiger partial charge is 0.315 e. The number of carbonyl (C=O) groups is 2. The molecule has 11 nitrogen and oxygen atoms in total. The van der Waals surface area contributed by atoms with Crippen LogP contribution in [0, 0.1) is 16.0 Å². The second-order valence-electron chi connectivity index (χ2n) is 9.84. The first kappa shape index (κ1) is 28.8. The number of ether oxygens (including phenoxy) is 2. The van der Waals surface area contributed by atoms with Crippen molar-refractivity contribution in [2.24, 2.45) is 10.9 Å². The third kappa shape index (κ3) is 6.15. The van der Waals surface area contributed by atoms with Crippen molar-refractivity contribution < 1.29 is 24.0 Å². The Morgan fingerprint density at radius 3 is 2.48 bits per heavy atom. The Kier molecular flexibility index (Phi) is 9.15. The fourth-order valence-corrected chi connectivity index (χ4v) is 5.48. The lowest BCUT2D eigenvalue weighted by atomic mass is 9.75. The zero-order valence-corrected chi connectivity index (χ0v) is 23.3. The zero-order valence-electron chi connectivity index (χ0n) is 23.3. The molecule has 212 valence electrons. The van der Waals surface area contributed by atoms with Crippen LogP contribution in [0.25, 0.3) is 0 Å². The summed E-state index contributed by atoms with van der Waals surface area (Å²) >= 11 is 0. The number of anilines is 1. The van der Waals surface area contributed by atoms with Crippen LogP contribution in [0.15, 0.2) is 64.8 Å². The molecule has 0 aromatic heterocycles. The molecule has 0 radical (unpaired) electrons. The maximum absolute atomic E-state index is 13.6. The Balaban J connectivity index is 1.45. The van der Waals surface area contributed by atoms with Gasteiger partial charge in [-0.05, 0) is 31.5 Å². The first-order chi connectivity index (χ1) is 19.2. The number of allylic oxidation sites excluding steroid dienone is 1. The van der Waals surface area contributed by atoms with Gasteiger partial charge in [0.15, 0.2) is 0 Å². The van der Waals surface area contributed by atoms with E-state index in [2.05, 4.69) is 26.2 Å². The Labute approximate surface area is 233 Å². The number of hydrogen-bond acceptors (Lipinski definition) is 9. The first-order valence-corrected chi connectivity index (χ1v) is 13.2. The molecule has 40 heavy (non-hydrogen) atoms. The van der Waals surface area contributed by atoms with Crippen molar-refractivity contribution in [1.82, 2.24) is 10.2 Å². The molecule has 1 amide bonds. The van der Waals surface area contributed by atoms with Gasteiger partial charge in [-0.25, -0.2) is 0 Å². The summed E-state index contributed by atoms with van der Waals surface area (Å²) in [6, 6.07) is 14.0. The van der Waals surface area contributed by atoms with Crippen LogP contribution in [0.4, 0.5) is 11.4 Å². The molecule has 0 spiro atoms. The fourth-order valence-electron chi connectivity index (χ4n) is 5.48. The summed E-state index contributed by atoms with van der Waals surface area (Å²) in [7, 11) is 2.95. The van der Waals surface area contributed by atoms with Crippen molar-refractivity contribution in [1.29, 1.82) is 0 Å².